The number of carbonyl (C=O) groups is 1. The summed E-state index contributed by atoms with van der Waals surface area (Å²) in [4.78, 5) is 21.7. The van der Waals surface area contributed by atoms with Gasteiger partial charge in [-0.2, -0.15) is 0 Å². The molecular weight excluding hydrogens is 517 g/mol. The van der Waals surface area contributed by atoms with Crippen LogP contribution in [0.5, 0.6) is 5.75 Å². The Balaban J connectivity index is 0.00000408. The fourth-order valence-electron chi connectivity index (χ4n) is 3.39. The van der Waals surface area contributed by atoms with E-state index in [9.17, 15) is 13.2 Å². The van der Waals surface area contributed by atoms with E-state index in [4.69, 9.17) is 16.3 Å². The SMILES string of the molecule is COc1ccc(S(=O)(=O)CCC(=O)N(CCCN(C)C)c2nc3c(C)cc(Cl)cc3s2)cc1.Cl. The molecule has 0 N–H and O–H groups in total. The van der Waals surface area contributed by atoms with Gasteiger partial charge < -0.3 is 9.64 Å². The fraction of sp³-hybridized carbons (Fsp3) is 0.391. The van der Waals surface area contributed by atoms with Crippen LogP contribution in [0.4, 0.5) is 5.13 Å². The van der Waals surface area contributed by atoms with Crippen molar-refractivity contribution in [1.29, 1.82) is 0 Å². The molecule has 7 nitrogen and oxygen atoms in total. The summed E-state index contributed by atoms with van der Waals surface area (Å²) in [5.41, 5.74) is 1.73. The summed E-state index contributed by atoms with van der Waals surface area (Å²) in [6, 6.07) is 9.85. The molecule has 0 saturated carbocycles. The number of hydrogen-bond donors (Lipinski definition) is 0. The van der Waals surface area contributed by atoms with Crippen molar-refractivity contribution < 1.29 is 17.9 Å². The van der Waals surface area contributed by atoms with E-state index >= 15 is 0 Å². The molecule has 1 amide bonds. The van der Waals surface area contributed by atoms with Gasteiger partial charge in [-0.15, -0.1) is 12.4 Å². The number of thiazole rings is 1. The summed E-state index contributed by atoms with van der Waals surface area (Å²) in [5, 5.41) is 1.17. The van der Waals surface area contributed by atoms with Crippen LogP contribution in [0.25, 0.3) is 10.2 Å². The molecule has 0 saturated heterocycles. The van der Waals surface area contributed by atoms with Crippen LogP contribution in [0.2, 0.25) is 5.02 Å². The van der Waals surface area contributed by atoms with Crippen molar-refractivity contribution in [1.82, 2.24) is 9.88 Å². The van der Waals surface area contributed by atoms with Crippen molar-refractivity contribution in [2.75, 3.05) is 44.9 Å². The number of halogens is 2. The van der Waals surface area contributed by atoms with Crippen molar-refractivity contribution in [3.63, 3.8) is 0 Å². The zero-order valence-electron chi connectivity index (χ0n) is 19.6. The third-order valence-corrected chi connectivity index (χ3v) is 8.14. The number of nitrogens with zero attached hydrogens (tertiary/aromatic N) is 3. The maximum atomic E-state index is 13.2. The number of aromatic nitrogens is 1. The maximum Gasteiger partial charge on any atom is 0.229 e. The normalized spacial score (nSPS) is 11.5. The van der Waals surface area contributed by atoms with Crippen molar-refractivity contribution >= 4 is 66.4 Å². The lowest BCUT2D eigenvalue weighted by Crippen LogP contribution is -2.34. The van der Waals surface area contributed by atoms with Gasteiger partial charge in [-0.3, -0.25) is 9.69 Å². The van der Waals surface area contributed by atoms with Crippen LogP contribution in [0.15, 0.2) is 41.3 Å². The summed E-state index contributed by atoms with van der Waals surface area (Å²) >= 11 is 7.58. The van der Waals surface area contributed by atoms with Gasteiger partial charge in [0, 0.05) is 18.0 Å². The topological polar surface area (TPSA) is 79.8 Å². The van der Waals surface area contributed by atoms with Crippen molar-refractivity contribution in [2.45, 2.75) is 24.7 Å². The molecule has 0 radical (unpaired) electrons. The first-order valence-corrected chi connectivity index (χ1v) is 13.3. The summed E-state index contributed by atoms with van der Waals surface area (Å²) in [6.45, 7) is 3.17. The van der Waals surface area contributed by atoms with Crippen LogP contribution in [0, 0.1) is 6.92 Å². The lowest BCUT2D eigenvalue weighted by molar-refractivity contribution is -0.118. The van der Waals surface area contributed by atoms with Crippen molar-refractivity contribution in [2.24, 2.45) is 0 Å². The summed E-state index contributed by atoms with van der Waals surface area (Å²) in [5.74, 6) is 0.0231. The second kappa shape index (κ2) is 12.2. The van der Waals surface area contributed by atoms with Crippen molar-refractivity contribution in [3.8, 4) is 5.75 Å². The molecular formula is C23H29Cl2N3O4S2. The highest BCUT2D eigenvalue weighted by Crippen LogP contribution is 2.33. The average Bonchev–Trinajstić information content (AvgIpc) is 3.19. The van der Waals surface area contributed by atoms with Crippen LogP contribution in [0.3, 0.4) is 0 Å². The van der Waals surface area contributed by atoms with Crippen LogP contribution < -0.4 is 9.64 Å². The van der Waals surface area contributed by atoms with Gasteiger partial charge in [0.25, 0.3) is 0 Å². The Morgan fingerprint density at radius 3 is 2.44 bits per heavy atom. The Morgan fingerprint density at radius 1 is 1.15 bits per heavy atom. The molecule has 2 aromatic carbocycles. The number of methoxy groups -OCH3 is 1. The van der Waals surface area contributed by atoms with Gasteiger partial charge in [-0.05, 0) is 75.9 Å². The number of amides is 1. The second-order valence-electron chi connectivity index (χ2n) is 8.01. The zero-order valence-corrected chi connectivity index (χ0v) is 22.8. The number of aryl methyl sites for hydroxylation is 1. The monoisotopic (exact) mass is 545 g/mol. The van der Waals surface area contributed by atoms with E-state index in [1.54, 1.807) is 17.0 Å². The van der Waals surface area contributed by atoms with E-state index in [-0.39, 0.29) is 35.4 Å². The molecule has 186 valence electrons. The minimum absolute atomic E-state index is 0. The number of sulfone groups is 1. The first-order chi connectivity index (χ1) is 15.6. The van der Waals surface area contributed by atoms with Gasteiger partial charge in [-0.1, -0.05) is 22.9 Å². The van der Waals surface area contributed by atoms with E-state index in [0.29, 0.717) is 22.4 Å². The predicted molar refractivity (Wildman–Crippen MR) is 142 cm³/mol. The molecule has 0 unspecified atom stereocenters. The molecule has 0 spiro atoms. The first-order valence-electron chi connectivity index (χ1n) is 10.5. The van der Waals surface area contributed by atoms with E-state index < -0.39 is 9.84 Å². The number of rotatable bonds is 10. The van der Waals surface area contributed by atoms with Gasteiger partial charge in [0.1, 0.15) is 5.75 Å². The lowest BCUT2D eigenvalue weighted by atomic mass is 10.2. The largest absolute Gasteiger partial charge is 0.497 e. The molecule has 0 aliphatic rings. The minimum Gasteiger partial charge on any atom is -0.497 e. The predicted octanol–water partition coefficient (Wildman–Crippen LogP) is 4.84. The van der Waals surface area contributed by atoms with Crippen molar-refractivity contribution in [3.05, 3.63) is 47.0 Å². The Labute approximate surface area is 216 Å². The molecule has 3 rings (SSSR count). The van der Waals surface area contributed by atoms with E-state index in [1.807, 2.05) is 38.1 Å². The number of benzene rings is 2. The molecule has 0 bridgehead atoms. The molecule has 34 heavy (non-hydrogen) atoms. The summed E-state index contributed by atoms with van der Waals surface area (Å²) in [7, 11) is 1.84. The number of anilines is 1. The number of fused-ring (bicyclic) bond motifs is 1. The molecule has 0 atom stereocenters. The zero-order chi connectivity index (χ0) is 24.2. The van der Waals surface area contributed by atoms with E-state index in [0.717, 1.165) is 28.7 Å². The highest BCUT2D eigenvalue weighted by atomic mass is 35.5. The second-order valence-corrected chi connectivity index (χ2v) is 11.6. The summed E-state index contributed by atoms with van der Waals surface area (Å²) in [6.07, 6.45) is 0.603. The lowest BCUT2D eigenvalue weighted by Gasteiger charge is -2.21. The standard InChI is InChI=1S/C23H28ClN3O4S2.ClH/c1-16-14-17(24)15-20-22(16)25-23(32-20)27(12-5-11-26(2)3)21(28)10-13-33(29,30)19-8-6-18(31-4)7-9-19;/h6-9,14-15H,5,10-13H2,1-4H3;1H. The fourth-order valence-corrected chi connectivity index (χ4v) is 6.08. The Bertz CT molecular complexity index is 1230. The highest BCUT2D eigenvalue weighted by molar-refractivity contribution is 7.91. The van der Waals surface area contributed by atoms with Gasteiger partial charge in [-0.25, -0.2) is 13.4 Å². The van der Waals surface area contributed by atoms with Gasteiger partial charge in [0.05, 0.1) is 28.0 Å². The van der Waals surface area contributed by atoms with E-state index in [1.165, 1.54) is 30.6 Å². The van der Waals surface area contributed by atoms with Gasteiger partial charge >= 0.3 is 0 Å². The van der Waals surface area contributed by atoms with Crippen LogP contribution in [-0.4, -0.2) is 64.3 Å². The summed E-state index contributed by atoms with van der Waals surface area (Å²) < 4.78 is 31.5. The molecule has 0 aliphatic heterocycles. The van der Waals surface area contributed by atoms with Crippen LogP contribution in [0.1, 0.15) is 18.4 Å². The smallest absolute Gasteiger partial charge is 0.229 e. The van der Waals surface area contributed by atoms with Crippen LogP contribution >= 0.6 is 35.3 Å². The number of hydrogen-bond acceptors (Lipinski definition) is 7. The molecule has 0 fully saturated rings. The molecule has 0 aliphatic carbocycles. The van der Waals surface area contributed by atoms with E-state index in [2.05, 4.69) is 4.98 Å². The molecule has 1 heterocycles. The number of ether oxygens (including phenoxy) is 1. The third-order valence-electron chi connectivity index (χ3n) is 5.16. The van der Waals surface area contributed by atoms with Gasteiger partial charge in [0.2, 0.25) is 5.91 Å². The van der Waals surface area contributed by atoms with Gasteiger partial charge in [0.15, 0.2) is 15.0 Å². The Kier molecular flexibility index (Phi) is 10.1. The maximum absolute atomic E-state index is 13.2. The molecule has 3 aromatic rings. The average molecular weight is 547 g/mol. The third kappa shape index (κ3) is 7.05. The quantitative estimate of drug-likeness (QED) is 0.362. The molecule has 11 heteroatoms. The van der Waals surface area contributed by atoms with Crippen LogP contribution in [-0.2, 0) is 14.6 Å². The Morgan fingerprint density at radius 2 is 1.82 bits per heavy atom. The highest BCUT2D eigenvalue weighted by Gasteiger charge is 2.23. The first kappa shape index (κ1) is 28.3. The molecule has 1 aromatic heterocycles. The number of carbonyl (C=O) groups excluding carboxylic acids is 1. The Hall–Kier alpha value is -1.91. The minimum atomic E-state index is -3.61.